The van der Waals surface area contributed by atoms with Gasteiger partial charge in [0.2, 0.25) is 10.0 Å². The molecule has 0 bridgehead atoms. The summed E-state index contributed by atoms with van der Waals surface area (Å²) in [6, 6.07) is 13.3. The van der Waals surface area contributed by atoms with Gasteiger partial charge in [0.1, 0.15) is 11.6 Å². The largest absolute Gasteiger partial charge is 0.455 e. The minimum absolute atomic E-state index is 0.0602. The van der Waals surface area contributed by atoms with E-state index < -0.39 is 16.0 Å². The van der Waals surface area contributed by atoms with Gasteiger partial charge in [0.25, 0.3) is 0 Å². The zero-order chi connectivity index (χ0) is 20.9. The molecule has 8 heteroatoms. The Kier molecular flexibility index (Phi) is 6.58. The molecule has 0 aliphatic heterocycles. The number of nitrogens with zero attached hydrogens (tertiary/aromatic N) is 2. The van der Waals surface area contributed by atoms with Crippen LogP contribution in [0.4, 0.5) is 0 Å². The van der Waals surface area contributed by atoms with E-state index in [0.29, 0.717) is 5.01 Å². The molecule has 0 aliphatic carbocycles. The number of carbonyl (C=O) groups excluding carboxylic acids is 1. The summed E-state index contributed by atoms with van der Waals surface area (Å²) < 4.78 is 33.0. The predicted octanol–water partition coefficient (Wildman–Crippen LogP) is 4.02. The van der Waals surface area contributed by atoms with Crippen molar-refractivity contribution in [2.75, 3.05) is 13.1 Å². The van der Waals surface area contributed by atoms with Crippen LogP contribution in [-0.2, 0) is 21.4 Å². The molecule has 0 amide bonds. The Morgan fingerprint density at radius 3 is 2.34 bits per heavy atom. The van der Waals surface area contributed by atoms with Crippen molar-refractivity contribution < 1.29 is 17.9 Å². The molecule has 29 heavy (non-hydrogen) atoms. The topological polar surface area (TPSA) is 76.6 Å². The first-order valence-electron chi connectivity index (χ1n) is 8.79. The molecule has 0 fully saturated rings. The van der Waals surface area contributed by atoms with Crippen molar-refractivity contribution >= 4 is 37.5 Å². The van der Waals surface area contributed by atoms with Gasteiger partial charge in [-0.25, -0.2) is 18.2 Å². The Balaban J connectivity index is 1.69. The first-order valence-corrected chi connectivity index (χ1v) is 11.0. The third-order valence-electron chi connectivity index (χ3n) is 4.06. The van der Waals surface area contributed by atoms with Crippen LogP contribution in [0.2, 0.25) is 0 Å². The number of carbonyl (C=O) groups is 1. The lowest BCUT2D eigenvalue weighted by atomic mass is 10.2. The molecule has 0 atom stereocenters. The van der Waals surface area contributed by atoms with Gasteiger partial charge in [-0.15, -0.1) is 24.5 Å². The van der Waals surface area contributed by atoms with Gasteiger partial charge in [-0.2, -0.15) is 4.31 Å². The van der Waals surface area contributed by atoms with Gasteiger partial charge in [0, 0.05) is 13.1 Å². The fourth-order valence-corrected chi connectivity index (χ4v) is 4.93. The van der Waals surface area contributed by atoms with Crippen LogP contribution in [-0.4, -0.2) is 36.8 Å². The van der Waals surface area contributed by atoms with E-state index in [1.165, 1.54) is 52.1 Å². The van der Waals surface area contributed by atoms with Crippen molar-refractivity contribution in [3.05, 3.63) is 84.4 Å². The van der Waals surface area contributed by atoms with Crippen molar-refractivity contribution in [3.8, 4) is 0 Å². The normalized spacial score (nSPS) is 11.5. The second-order valence-electron chi connectivity index (χ2n) is 6.08. The molecule has 0 saturated carbocycles. The molecule has 0 radical (unpaired) electrons. The zero-order valence-electron chi connectivity index (χ0n) is 15.7. The highest BCUT2D eigenvalue weighted by molar-refractivity contribution is 7.89. The Labute approximate surface area is 173 Å². The average molecular weight is 429 g/mol. The molecule has 0 aliphatic rings. The highest BCUT2D eigenvalue weighted by Gasteiger charge is 2.22. The van der Waals surface area contributed by atoms with Crippen molar-refractivity contribution in [2.45, 2.75) is 11.5 Å². The number of para-hydroxylation sites is 1. The number of rotatable bonds is 9. The van der Waals surface area contributed by atoms with E-state index >= 15 is 0 Å². The first-order chi connectivity index (χ1) is 14.0. The number of fused-ring (bicyclic) bond motifs is 1. The SMILES string of the molecule is C=CCN(CC=C)S(=O)(=O)c1ccc(C(=O)OCc2nc3ccccc3s2)cc1. The maximum absolute atomic E-state index is 12.7. The number of aromatic nitrogens is 1. The van der Waals surface area contributed by atoms with Crippen molar-refractivity contribution in [3.63, 3.8) is 0 Å². The van der Waals surface area contributed by atoms with Crippen molar-refractivity contribution in [2.24, 2.45) is 0 Å². The Morgan fingerprint density at radius 2 is 1.72 bits per heavy atom. The predicted molar refractivity (Wildman–Crippen MR) is 114 cm³/mol. The van der Waals surface area contributed by atoms with Gasteiger partial charge >= 0.3 is 5.97 Å². The Hall–Kier alpha value is -2.81. The third kappa shape index (κ3) is 4.79. The van der Waals surface area contributed by atoms with Crippen LogP contribution in [0.15, 0.2) is 78.7 Å². The van der Waals surface area contributed by atoms with Gasteiger partial charge in [-0.3, -0.25) is 0 Å². The Morgan fingerprint density at radius 1 is 1.07 bits per heavy atom. The summed E-state index contributed by atoms with van der Waals surface area (Å²) in [6.45, 7) is 7.56. The lowest BCUT2D eigenvalue weighted by Gasteiger charge is -2.19. The molecule has 6 nitrogen and oxygen atoms in total. The monoisotopic (exact) mass is 428 g/mol. The summed E-state index contributed by atoms with van der Waals surface area (Å²) in [6.07, 6.45) is 3.02. The third-order valence-corrected chi connectivity index (χ3v) is 6.91. The van der Waals surface area contributed by atoms with Gasteiger partial charge in [0.05, 0.1) is 20.7 Å². The Bertz CT molecular complexity index is 1090. The summed E-state index contributed by atoms with van der Waals surface area (Å²) >= 11 is 1.46. The molecule has 0 saturated heterocycles. The molecule has 150 valence electrons. The van der Waals surface area contributed by atoms with E-state index in [-0.39, 0.29) is 30.2 Å². The van der Waals surface area contributed by atoms with Crippen molar-refractivity contribution in [1.29, 1.82) is 0 Å². The maximum atomic E-state index is 12.7. The standard InChI is InChI=1S/C21H20N2O4S2/c1-3-13-23(14-4-2)29(25,26)17-11-9-16(10-12-17)21(24)27-15-20-22-18-7-5-6-8-19(18)28-20/h3-12H,1-2,13-15H2. The minimum Gasteiger partial charge on any atom is -0.455 e. The van der Waals surface area contributed by atoms with E-state index in [2.05, 4.69) is 18.1 Å². The van der Waals surface area contributed by atoms with Crippen LogP contribution in [0, 0.1) is 0 Å². The van der Waals surface area contributed by atoms with Crippen LogP contribution in [0.1, 0.15) is 15.4 Å². The minimum atomic E-state index is -3.71. The lowest BCUT2D eigenvalue weighted by molar-refractivity contribution is 0.0472. The summed E-state index contributed by atoms with van der Waals surface area (Å²) in [7, 11) is -3.71. The molecule has 1 aromatic heterocycles. The summed E-state index contributed by atoms with van der Waals surface area (Å²) in [4.78, 5) is 16.8. The summed E-state index contributed by atoms with van der Waals surface area (Å²) in [5.41, 5.74) is 1.13. The highest BCUT2D eigenvalue weighted by atomic mass is 32.2. The molecule has 2 aromatic carbocycles. The van der Waals surface area contributed by atoms with Crippen LogP contribution < -0.4 is 0 Å². The van der Waals surface area contributed by atoms with Gasteiger partial charge in [-0.05, 0) is 36.4 Å². The molecule has 1 heterocycles. The zero-order valence-corrected chi connectivity index (χ0v) is 17.3. The number of hydrogen-bond donors (Lipinski definition) is 0. The second-order valence-corrected chi connectivity index (χ2v) is 9.13. The number of thiazole rings is 1. The van der Waals surface area contributed by atoms with E-state index in [4.69, 9.17) is 4.74 Å². The fourth-order valence-electron chi connectivity index (χ4n) is 2.66. The van der Waals surface area contributed by atoms with Crippen LogP contribution >= 0.6 is 11.3 Å². The summed E-state index contributed by atoms with van der Waals surface area (Å²) in [5.74, 6) is -0.540. The molecule has 0 unspecified atom stereocenters. The highest BCUT2D eigenvalue weighted by Crippen LogP contribution is 2.22. The molecular weight excluding hydrogens is 408 g/mol. The number of sulfonamides is 1. The molecule has 0 N–H and O–H groups in total. The van der Waals surface area contributed by atoms with Crippen molar-refractivity contribution in [1.82, 2.24) is 9.29 Å². The number of esters is 1. The average Bonchev–Trinajstić information content (AvgIpc) is 3.15. The second kappa shape index (κ2) is 9.13. The van der Waals surface area contributed by atoms with E-state index in [1.54, 1.807) is 0 Å². The van der Waals surface area contributed by atoms with Crippen LogP contribution in [0.5, 0.6) is 0 Å². The number of ether oxygens (including phenoxy) is 1. The van der Waals surface area contributed by atoms with Gasteiger partial charge in [-0.1, -0.05) is 24.3 Å². The lowest BCUT2D eigenvalue weighted by Crippen LogP contribution is -2.31. The number of benzene rings is 2. The van der Waals surface area contributed by atoms with Crippen LogP contribution in [0.3, 0.4) is 0 Å². The fraction of sp³-hybridized carbons (Fsp3) is 0.143. The van der Waals surface area contributed by atoms with E-state index in [1.807, 2.05) is 24.3 Å². The van der Waals surface area contributed by atoms with Gasteiger partial charge < -0.3 is 4.74 Å². The van der Waals surface area contributed by atoms with E-state index in [0.717, 1.165) is 10.2 Å². The summed E-state index contributed by atoms with van der Waals surface area (Å²) in [5, 5.41) is 0.697. The van der Waals surface area contributed by atoms with E-state index in [9.17, 15) is 13.2 Å². The quantitative estimate of drug-likeness (QED) is 0.380. The molecule has 3 aromatic rings. The number of hydrogen-bond acceptors (Lipinski definition) is 6. The first kappa shape index (κ1) is 20.9. The molecule has 0 spiro atoms. The smallest absolute Gasteiger partial charge is 0.338 e. The van der Waals surface area contributed by atoms with Gasteiger partial charge in [0.15, 0.2) is 0 Å². The van der Waals surface area contributed by atoms with Crippen LogP contribution in [0.25, 0.3) is 10.2 Å². The maximum Gasteiger partial charge on any atom is 0.338 e. The molecule has 3 rings (SSSR count). The molecular formula is C21H20N2O4S2.